The second-order valence-corrected chi connectivity index (χ2v) is 5.25. The van der Waals surface area contributed by atoms with Crippen molar-refractivity contribution in [1.29, 1.82) is 0 Å². The minimum Gasteiger partial charge on any atom is -0.490 e. The van der Waals surface area contributed by atoms with Gasteiger partial charge in [0.2, 0.25) is 5.91 Å². The highest BCUT2D eigenvalue weighted by Gasteiger charge is 2.14. The fourth-order valence-electron chi connectivity index (χ4n) is 2.23. The molecule has 24 heavy (non-hydrogen) atoms. The van der Waals surface area contributed by atoms with Crippen LogP contribution in [0.25, 0.3) is 0 Å². The maximum atomic E-state index is 12.3. The molecule has 2 aromatic carbocycles. The van der Waals surface area contributed by atoms with E-state index in [-0.39, 0.29) is 5.91 Å². The first kappa shape index (κ1) is 17.7. The molecule has 2 rings (SSSR count). The van der Waals surface area contributed by atoms with Gasteiger partial charge in [0, 0.05) is 17.4 Å². The molecule has 0 saturated carbocycles. The van der Waals surface area contributed by atoms with Crippen LogP contribution in [0.1, 0.15) is 20.8 Å². The van der Waals surface area contributed by atoms with Crippen molar-refractivity contribution in [3.63, 3.8) is 0 Å². The summed E-state index contributed by atoms with van der Waals surface area (Å²) in [5.74, 6) is 1.26. The van der Waals surface area contributed by atoms with Crippen molar-refractivity contribution in [3.05, 3.63) is 48.5 Å². The molecule has 5 nitrogen and oxygen atoms in total. The molecule has 128 valence electrons. The van der Waals surface area contributed by atoms with Crippen molar-refractivity contribution in [3.8, 4) is 11.5 Å². The molecule has 0 aromatic heterocycles. The number of para-hydroxylation sites is 1. The number of nitrogens with one attached hydrogen (secondary N) is 2. The highest BCUT2D eigenvalue weighted by atomic mass is 16.5. The Bertz CT molecular complexity index is 659. The van der Waals surface area contributed by atoms with Crippen LogP contribution in [0.5, 0.6) is 11.5 Å². The lowest BCUT2D eigenvalue weighted by Crippen LogP contribution is -2.31. The predicted molar refractivity (Wildman–Crippen MR) is 96.9 cm³/mol. The van der Waals surface area contributed by atoms with E-state index in [1.54, 1.807) is 0 Å². The molecule has 0 saturated heterocycles. The van der Waals surface area contributed by atoms with Crippen molar-refractivity contribution in [2.45, 2.75) is 26.8 Å². The van der Waals surface area contributed by atoms with Gasteiger partial charge in [-0.2, -0.15) is 0 Å². The molecule has 0 aliphatic heterocycles. The van der Waals surface area contributed by atoms with Crippen LogP contribution < -0.4 is 20.1 Å². The van der Waals surface area contributed by atoms with Gasteiger partial charge in [0.05, 0.1) is 13.2 Å². The summed E-state index contributed by atoms with van der Waals surface area (Å²) in [5, 5.41) is 6.06. The third-order valence-electron chi connectivity index (χ3n) is 3.36. The molecular formula is C19H24N2O3. The van der Waals surface area contributed by atoms with Gasteiger partial charge in [-0.3, -0.25) is 4.79 Å². The first-order valence-corrected chi connectivity index (χ1v) is 8.16. The van der Waals surface area contributed by atoms with Crippen LogP contribution in [0.2, 0.25) is 0 Å². The van der Waals surface area contributed by atoms with Gasteiger partial charge in [0.25, 0.3) is 0 Å². The monoisotopic (exact) mass is 328 g/mol. The van der Waals surface area contributed by atoms with E-state index in [4.69, 9.17) is 9.47 Å². The summed E-state index contributed by atoms with van der Waals surface area (Å²) in [6.07, 6.45) is 0. The van der Waals surface area contributed by atoms with E-state index in [9.17, 15) is 4.79 Å². The van der Waals surface area contributed by atoms with Gasteiger partial charge < -0.3 is 20.1 Å². The van der Waals surface area contributed by atoms with Crippen LogP contribution in [-0.2, 0) is 4.79 Å². The second kappa shape index (κ2) is 8.82. The average molecular weight is 328 g/mol. The van der Waals surface area contributed by atoms with E-state index in [1.165, 1.54) is 0 Å². The SMILES string of the molecule is CCOc1ccc(N[C@@H](C)C(=O)Nc2ccccc2)cc1OCC. The van der Waals surface area contributed by atoms with Crippen molar-refractivity contribution >= 4 is 17.3 Å². The predicted octanol–water partition coefficient (Wildman–Crippen LogP) is 3.92. The van der Waals surface area contributed by atoms with E-state index in [1.807, 2.05) is 69.3 Å². The Morgan fingerprint density at radius 1 is 0.958 bits per heavy atom. The van der Waals surface area contributed by atoms with E-state index in [0.29, 0.717) is 24.7 Å². The number of hydrogen-bond acceptors (Lipinski definition) is 4. The van der Waals surface area contributed by atoms with Crippen LogP contribution in [-0.4, -0.2) is 25.2 Å². The van der Waals surface area contributed by atoms with E-state index in [0.717, 1.165) is 11.4 Å². The minimum atomic E-state index is -0.391. The van der Waals surface area contributed by atoms with Crippen LogP contribution in [0.3, 0.4) is 0 Å². The van der Waals surface area contributed by atoms with Crippen LogP contribution in [0.4, 0.5) is 11.4 Å². The summed E-state index contributed by atoms with van der Waals surface area (Å²) in [6, 6.07) is 14.6. The van der Waals surface area contributed by atoms with Gasteiger partial charge in [0.15, 0.2) is 11.5 Å². The molecule has 1 amide bonds. The highest BCUT2D eigenvalue weighted by Crippen LogP contribution is 2.30. The Hall–Kier alpha value is -2.69. The number of ether oxygens (including phenoxy) is 2. The number of rotatable bonds is 8. The van der Waals surface area contributed by atoms with Gasteiger partial charge in [-0.15, -0.1) is 0 Å². The van der Waals surface area contributed by atoms with Crippen molar-refractivity contribution in [2.24, 2.45) is 0 Å². The number of amides is 1. The zero-order valence-corrected chi connectivity index (χ0v) is 14.3. The van der Waals surface area contributed by atoms with E-state index in [2.05, 4.69) is 10.6 Å². The molecule has 2 aromatic rings. The zero-order valence-electron chi connectivity index (χ0n) is 14.3. The average Bonchev–Trinajstić information content (AvgIpc) is 2.58. The molecule has 5 heteroatoms. The third-order valence-corrected chi connectivity index (χ3v) is 3.36. The van der Waals surface area contributed by atoms with E-state index < -0.39 is 6.04 Å². The lowest BCUT2D eigenvalue weighted by atomic mass is 10.2. The molecule has 0 unspecified atom stereocenters. The molecule has 1 atom stereocenters. The smallest absolute Gasteiger partial charge is 0.246 e. The molecule has 0 aliphatic carbocycles. The summed E-state index contributed by atoms with van der Waals surface area (Å²) in [4.78, 5) is 12.3. The number of carbonyl (C=O) groups is 1. The lowest BCUT2D eigenvalue weighted by molar-refractivity contribution is -0.116. The fraction of sp³-hybridized carbons (Fsp3) is 0.316. The number of benzene rings is 2. The molecular weight excluding hydrogens is 304 g/mol. The Morgan fingerprint density at radius 2 is 1.62 bits per heavy atom. The second-order valence-electron chi connectivity index (χ2n) is 5.25. The van der Waals surface area contributed by atoms with Gasteiger partial charge in [0.1, 0.15) is 6.04 Å². The maximum absolute atomic E-state index is 12.3. The van der Waals surface area contributed by atoms with Gasteiger partial charge in [-0.05, 0) is 45.0 Å². The summed E-state index contributed by atoms with van der Waals surface area (Å²) >= 11 is 0. The molecule has 0 fully saturated rings. The topological polar surface area (TPSA) is 59.6 Å². The van der Waals surface area contributed by atoms with Crippen LogP contribution in [0, 0.1) is 0 Å². The largest absolute Gasteiger partial charge is 0.490 e. The normalized spacial score (nSPS) is 11.5. The number of carbonyl (C=O) groups excluding carboxylic acids is 1. The summed E-state index contributed by atoms with van der Waals surface area (Å²) < 4.78 is 11.1. The van der Waals surface area contributed by atoms with Gasteiger partial charge in [-0.1, -0.05) is 18.2 Å². The molecule has 0 aliphatic rings. The molecule has 0 bridgehead atoms. The molecule has 0 spiro atoms. The number of anilines is 2. The highest BCUT2D eigenvalue weighted by molar-refractivity contribution is 5.96. The van der Waals surface area contributed by atoms with Crippen molar-refractivity contribution < 1.29 is 14.3 Å². The molecule has 0 heterocycles. The van der Waals surface area contributed by atoms with Crippen molar-refractivity contribution in [2.75, 3.05) is 23.8 Å². The van der Waals surface area contributed by atoms with Gasteiger partial charge >= 0.3 is 0 Å². The Labute approximate surface area is 143 Å². The first-order chi connectivity index (χ1) is 11.6. The zero-order chi connectivity index (χ0) is 17.4. The summed E-state index contributed by atoms with van der Waals surface area (Å²) in [7, 11) is 0. The summed E-state index contributed by atoms with van der Waals surface area (Å²) in [5.41, 5.74) is 1.58. The maximum Gasteiger partial charge on any atom is 0.246 e. The minimum absolute atomic E-state index is 0.104. The van der Waals surface area contributed by atoms with Crippen molar-refractivity contribution in [1.82, 2.24) is 0 Å². The Morgan fingerprint density at radius 3 is 2.29 bits per heavy atom. The van der Waals surface area contributed by atoms with Crippen LogP contribution in [0.15, 0.2) is 48.5 Å². The van der Waals surface area contributed by atoms with Gasteiger partial charge in [-0.25, -0.2) is 0 Å². The third kappa shape index (κ3) is 4.91. The fourth-order valence-corrected chi connectivity index (χ4v) is 2.23. The van der Waals surface area contributed by atoms with Crippen LogP contribution >= 0.6 is 0 Å². The first-order valence-electron chi connectivity index (χ1n) is 8.16. The summed E-state index contributed by atoms with van der Waals surface area (Å²) in [6.45, 7) is 6.79. The lowest BCUT2D eigenvalue weighted by Gasteiger charge is -2.17. The molecule has 2 N–H and O–H groups in total. The Balaban J connectivity index is 2.03. The Kier molecular flexibility index (Phi) is 6.49. The quantitative estimate of drug-likeness (QED) is 0.771. The standard InChI is InChI=1S/C19H24N2O3/c1-4-23-17-12-11-16(13-18(17)24-5-2)20-14(3)19(22)21-15-9-7-6-8-10-15/h6-14,20H,4-5H2,1-3H3,(H,21,22)/t14-/m0/s1. The molecule has 0 radical (unpaired) electrons. The number of hydrogen-bond donors (Lipinski definition) is 2. The van der Waals surface area contributed by atoms with E-state index >= 15 is 0 Å².